The monoisotopic (exact) mass is 538 g/mol. The number of benzene rings is 1. The van der Waals surface area contributed by atoms with Gasteiger partial charge in [-0.05, 0) is 36.5 Å². The summed E-state index contributed by atoms with van der Waals surface area (Å²) >= 11 is 0. The van der Waals surface area contributed by atoms with Gasteiger partial charge in [-0.15, -0.1) is 0 Å². The van der Waals surface area contributed by atoms with Crippen LogP contribution in [-0.4, -0.2) is 79.8 Å². The van der Waals surface area contributed by atoms with E-state index in [1.807, 2.05) is 0 Å². The maximum Gasteiger partial charge on any atom is 0.324 e. The van der Waals surface area contributed by atoms with Crippen LogP contribution in [0, 0.1) is 5.92 Å². The molecule has 3 atom stereocenters. The third kappa shape index (κ3) is 8.86. The molecule has 1 saturated heterocycles. The number of hydrazine groups is 1. The van der Waals surface area contributed by atoms with Crippen molar-refractivity contribution in [1.82, 2.24) is 21.1 Å². The van der Waals surface area contributed by atoms with E-state index in [1.165, 1.54) is 24.3 Å². The number of hydrogen-bond acceptors (Lipinski definition) is 9. The molecular formula is C24H34N4O8S. The quantitative estimate of drug-likeness (QED) is 0.278. The Morgan fingerprint density at radius 3 is 2.57 bits per heavy atom. The molecule has 12 nitrogen and oxygen atoms in total. The third-order valence-corrected chi connectivity index (χ3v) is 6.93. The molecule has 0 aliphatic carbocycles. The van der Waals surface area contributed by atoms with Crippen LogP contribution in [0.25, 0.3) is 0 Å². The summed E-state index contributed by atoms with van der Waals surface area (Å²) in [6, 6.07) is 3.20. The van der Waals surface area contributed by atoms with Gasteiger partial charge in [0, 0.05) is 18.4 Å². The molecule has 13 heteroatoms. The predicted octanol–water partition coefficient (Wildman–Crippen LogP) is -0.213. The lowest BCUT2D eigenvalue weighted by Gasteiger charge is -2.35. The number of carbonyl (C=O) groups is 4. The molecule has 1 aromatic carbocycles. The van der Waals surface area contributed by atoms with Gasteiger partial charge in [-0.25, -0.2) is 13.8 Å². The summed E-state index contributed by atoms with van der Waals surface area (Å²) in [6.45, 7) is 6.76. The van der Waals surface area contributed by atoms with Gasteiger partial charge in [-0.3, -0.25) is 24.2 Å². The third-order valence-electron chi connectivity index (χ3n) is 5.75. The molecule has 1 unspecified atom stereocenters. The van der Waals surface area contributed by atoms with Crippen LogP contribution in [0.5, 0.6) is 5.75 Å². The fourth-order valence-corrected chi connectivity index (χ4v) is 4.38. The number of rotatable bonds is 11. The Hall–Kier alpha value is -3.45. The van der Waals surface area contributed by atoms with Crippen molar-refractivity contribution in [3.63, 3.8) is 0 Å². The number of amides is 3. The van der Waals surface area contributed by atoms with E-state index >= 15 is 0 Å². The maximum atomic E-state index is 13.5. The normalized spacial score (nSPS) is 17.4. The van der Waals surface area contributed by atoms with Crippen molar-refractivity contribution in [2.75, 3.05) is 19.4 Å². The first-order valence-corrected chi connectivity index (χ1v) is 13.5. The standard InChI is InChI=1S/C24H34N4O8S/c1-5-37(34,35)14-20(30)26-21(15(2)3)22(31)25-19(13-16-8-6-9-17(29)12-16)23(32)28-11-7-10-18(27-28)24(33)36-4/h5-6,8-9,12,15,18-19,21,27,29H,1,7,10-11,13-14H2,2-4H3,(H,25,31)(H,26,30)/t18?,19-,21-/m0/s1. The molecule has 3 amide bonds. The molecule has 4 N–H and O–H groups in total. The number of ether oxygens (including phenoxy) is 1. The van der Waals surface area contributed by atoms with Gasteiger partial charge in [0.2, 0.25) is 11.8 Å². The number of carbonyl (C=O) groups excluding carboxylic acids is 4. The zero-order valence-corrected chi connectivity index (χ0v) is 21.9. The van der Waals surface area contributed by atoms with Crippen molar-refractivity contribution in [3.8, 4) is 5.75 Å². The van der Waals surface area contributed by atoms with Crippen molar-refractivity contribution in [1.29, 1.82) is 0 Å². The van der Waals surface area contributed by atoms with Gasteiger partial charge in [-0.1, -0.05) is 32.6 Å². The lowest BCUT2D eigenvalue weighted by Crippen LogP contribution is -2.62. The number of nitrogens with zero attached hydrogens (tertiary/aromatic N) is 1. The molecule has 1 aliphatic heterocycles. The molecule has 0 radical (unpaired) electrons. The molecule has 0 saturated carbocycles. The summed E-state index contributed by atoms with van der Waals surface area (Å²) in [6.07, 6.45) is 0.993. The first kappa shape index (κ1) is 29.8. The number of phenols is 1. The second-order valence-corrected chi connectivity index (χ2v) is 11.0. The Morgan fingerprint density at radius 1 is 1.27 bits per heavy atom. The average molecular weight is 539 g/mol. The van der Waals surface area contributed by atoms with Gasteiger partial charge in [0.25, 0.3) is 5.91 Å². The summed E-state index contributed by atoms with van der Waals surface area (Å²) in [4.78, 5) is 51.0. The Bertz CT molecular complexity index is 1120. The highest BCUT2D eigenvalue weighted by atomic mass is 32.2. The fraction of sp³-hybridized carbons (Fsp3) is 0.500. The van der Waals surface area contributed by atoms with Gasteiger partial charge in [0.15, 0.2) is 9.84 Å². The van der Waals surface area contributed by atoms with Crippen molar-refractivity contribution in [2.45, 2.75) is 51.2 Å². The van der Waals surface area contributed by atoms with Crippen LogP contribution in [0.15, 0.2) is 36.3 Å². The number of aromatic hydroxyl groups is 1. The lowest BCUT2D eigenvalue weighted by molar-refractivity contribution is -0.151. The Balaban J connectivity index is 2.26. The van der Waals surface area contributed by atoms with Crippen molar-refractivity contribution < 1.29 is 37.4 Å². The number of phenolic OH excluding ortho intramolecular Hbond substituents is 1. The van der Waals surface area contributed by atoms with E-state index in [1.54, 1.807) is 26.0 Å². The van der Waals surface area contributed by atoms with E-state index in [0.717, 1.165) is 0 Å². The van der Waals surface area contributed by atoms with Crippen molar-refractivity contribution >= 4 is 33.5 Å². The zero-order valence-electron chi connectivity index (χ0n) is 21.1. The number of sulfone groups is 1. The fourth-order valence-electron chi connectivity index (χ4n) is 3.82. The summed E-state index contributed by atoms with van der Waals surface area (Å²) in [5.74, 6) is -3.97. The molecule has 1 aromatic rings. The highest BCUT2D eigenvalue weighted by Gasteiger charge is 2.35. The smallest absolute Gasteiger partial charge is 0.324 e. The number of nitrogens with one attached hydrogen (secondary N) is 3. The van der Waals surface area contributed by atoms with Crippen LogP contribution in [0.3, 0.4) is 0 Å². The molecule has 1 heterocycles. The number of hydrogen-bond donors (Lipinski definition) is 4. The van der Waals surface area contributed by atoms with E-state index in [2.05, 4.69) is 22.6 Å². The van der Waals surface area contributed by atoms with Crippen LogP contribution < -0.4 is 16.1 Å². The van der Waals surface area contributed by atoms with Crippen LogP contribution in [0.4, 0.5) is 0 Å². The first-order valence-electron chi connectivity index (χ1n) is 11.7. The summed E-state index contributed by atoms with van der Waals surface area (Å²) < 4.78 is 28.2. The molecule has 0 spiro atoms. The van der Waals surface area contributed by atoms with Crippen LogP contribution >= 0.6 is 0 Å². The predicted molar refractivity (Wildman–Crippen MR) is 134 cm³/mol. The Labute approximate surface area is 216 Å². The molecule has 1 fully saturated rings. The Morgan fingerprint density at radius 2 is 1.97 bits per heavy atom. The van der Waals surface area contributed by atoms with Crippen molar-refractivity contribution in [3.05, 3.63) is 41.8 Å². The molecule has 204 valence electrons. The second-order valence-electron chi connectivity index (χ2n) is 9.04. The van der Waals surface area contributed by atoms with E-state index < -0.39 is 63.3 Å². The molecular weight excluding hydrogens is 504 g/mol. The van der Waals surface area contributed by atoms with Gasteiger partial charge in [-0.2, -0.15) is 0 Å². The average Bonchev–Trinajstić information content (AvgIpc) is 2.85. The van der Waals surface area contributed by atoms with E-state index in [-0.39, 0.29) is 18.7 Å². The van der Waals surface area contributed by atoms with E-state index in [0.29, 0.717) is 23.8 Å². The Kier molecular flexibility index (Phi) is 10.6. The highest BCUT2D eigenvalue weighted by Crippen LogP contribution is 2.16. The van der Waals surface area contributed by atoms with Crippen LogP contribution in [-0.2, 0) is 40.2 Å². The summed E-state index contributed by atoms with van der Waals surface area (Å²) in [5.41, 5.74) is 3.39. The minimum atomic E-state index is -3.84. The second kappa shape index (κ2) is 13.2. The largest absolute Gasteiger partial charge is 0.508 e. The van der Waals surface area contributed by atoms with Gasteiger partial charge >= 0.3 is 5.97 Å². The number of methoxy groups -OCH3 is 1. The highest BCUT2D eigenvalue weighted by molar-refractivity contribution is 7.94. The topological polar surface area (TPSA) is 171 Å². The van der Waals surface area contributed by atoms with Crippen molar-refractivity contribution in [2.24, 2.45) is 5.92 Å². The summed E-state index contributed by atoms with van der Waals surface area (Å²) in [5, 5.41) is 16.8. The lowest BCUT2D eigenvalue weighted by atomic mass is 10.0. The number of esters is 1. The maximum absolute atomic E-state index is 13.5. The molecule has 0 bridgehead atoms. The molecule has 37 heavy (non-hydrogen) atoms. The van der Waals surface area contributed by atoms with Gasteiger partial charge in [0.05, 0.1) is 7.11 Å². The minimum Gasteiger partial charge on any atom is -0.508 e. The minimum absolute atomic E-state index is 0.00362. The molecule has 2 rings (SSSR count). The zero-order chi connectivity index (χ0) is 27.8. The van der Waals surface area contributed by atoms with E-state index in [9.17, 15) is 32.7 Å². The van der Waals surface area contributed by atoms with Crippen LogP contribution in [0.1, 0.15) is 32.3 Å². The van der Waals surface area contributed by atoms with E-state index in [4.69, 9.17) is 4.74 Å². The van der Waals surface area contributed by atoms with Gasteiger partial charge in [0.1, 0.15) is 29.6 Å². The first-order chi connectivity index (χ1) is 17.4. The van der Waals surface area contributed by atoms with Crippen LogP contribution in [0.2, 0.25) is 0 Å². The van der Waals surface area contributed by atoms with Gasteiger partial charge < -0.3 is 20.5 Å². The SMILES string of the molecule is C=CS(=O)(=O)CC(=O)N[C@H](C(=O)N[C@@H](Cc1cccc(O)c1)C(=O)N1CCCC(C(=O)OC)N1)C(C)C. The summed E-state index contributed by atoms with van der Waals surface area (Å²) in [7, 11) is -2.59. The molecule has 0 aromatic heterocycles. The molecule has 1 aliphatic rings.